The highest BCUT2D eigenvalue weighted by Gasteiger charge is 2.18. The average Bonchev–Trinajstić information content (AvgIpc) is 3.22. The van der Waals surface area contributed by atoms with Gasteiger partial charge in [0.15, 0.2) is 0 Å². The third-order valence-electron chi connectivity index (χ3n) is 4.54. The molecule has 0 fully saturated rings. The topological polar surface area (TPSA) is 126 Å². The number of amides is 1. The van der Waals surface area contributed by atoms with Crippen LogP contribution in [0.2, 0.25) is 0 Å². The molecule has 1 amide bonds. The summed E-state index contributed by atoms with van der Waals surface area (Å²) in [6.45, 7) is 0.499. The van der Waals surface area contributed by atoms with Crippen LogP contribution in [-0.4, -0.2) is 41.3 Å². The summed E-state index contributed by atoms with van der Waals surface area (Å²) < 4.78 is 40.6. The van der Waals surface area contributed by atoms with Crippen molar-refractivity contribution in [2.24, 2.45) is 0 Å². The number of benzene rings is 1. The molecule has 12 heteroatoms. The number of carbonyl (C=O) groups is 1. The minimum Gasteiger partial charge on any atom is -0.497 e. The van der Waals surface area contributed by atoms with Gasteiger partial charge in [0.25, 0.3) is 5.91 Å². The zero-order chi connectivity index (χ0) is 22.4. The number of rotatable bonds is 10. The number of halogens is 1. The lowest BCUT2D eigenvalue weighted by molar-refractivity contribution is 0.0947. The molecule has 3 rings (SSSR count). The van der Waals surface area contributed by atoms with E-state index >= 15 is 0 Å². The number of nitrogens with one attached hydrogen (secondary N) is 1. The number of aromatic nitrogens is 3. The van der Waals surface area contributed by atoms with Crippen molar-refractivity contribution in [3.05, 3.63) is 52.1 Å². The Labute approximate surface area is 176 Å². The first-order valence-corrected chi connectivity index (χ1v) is 11.1. The Kier molecular flexibility index (Phi) is 7.19. The van der Waals surface area contributed by atoms with Crippen LogP contribution in [0.25, 0.3) is 11.0 Å². The van der Waals surface area contributed by atoms with Crippen LogP contribution in [0.5, 0.6) is 5.75 Å². The number of nitrogens with zero attached hydrogens (tertiary/aromatic N) is 3. The molecule has 2 aromatic heterocycles. The van der Waals surface area contributed by atoms with Crippen LogP contribution in [0, 0.1) is 0 Å². The minimum absolute atomic E-state index is 0.0534. The van der Waals surface area contributed by atoms with Gasteiger partial charge < -0.3 is 19.0 Å². The number of unbranched alkanes of at least 4 members (excludes halogenated alkanes) is 1. The second-order valence-corrected chi connectivity index (χ2v) is 8.70. The first kappa shape index (κ1) is 22.6. The van der Waals surface area contributed by atoms with Gasteiger partial charge in [-0.3, -0.25) is 14.0 Å². The molecule has 0 spiro atoms. The van der Waals surface area contributed by atoms with Gasteiger partial charge >= 0.3 is 13.3 Å². The van der Waals surface area contributed by atoms with E-state index in [9.17, 15) is 18.4 Å². The molecule has 3 aromatic rings. The molecule has 1 aromatic carbocycles. The molecule has 0 aliphatic heterocycles. The number of carbonyl (C=O) groups excluding carboxylic acids is 1. The Balaban J connectivity index is 1.57. The molecule has 2 heterocycles. The predicted molar refractivity (Wildman–Crippen MR) is 110 cm³/mol. The lowest BCUT2D eigenvalue weighted by atomic mass is 10.1. The van der Waals surface area contributed by atoms with Crippen LogP contribution in [-0.2, 0) is 22.2 Å². The summed E-state index contributed by atoms with van der Waals surface area (Å²) in [5, 5.41) is 11.0. The van der Waals surface area contributed by atoms with Gasteiger partial charge in [0.1, 0.15) is 22.6 Å². The summed E-state index contributed by atoms with van der Waals surface area (Å²) in [6, 6.07) is 6.36. The summed E-state index contributed by atoms with van der Waals surface area (Å²) in [5.74, 6) is -0.0350. The molecule has 1 unspecified atom stereocenters. The molecule has 0 bridgehead atoms. The van der Waals surface area contributed by atoms with E-state index in [1.54, 1.807) is 24.4 Å². The first-order valence-electron chi connectivity index (χ1n) is 9.45. The molecule has 0 saturated carbocycles. The fraction of sp³-hybridized carbons (Fsp3) is 0.368. The summed E-state index contributed by atoms with van der Waals surface area (Å²) in [6.07, 6.45) is 2.38. The van der Waals surface area contributed by atoms with E-state index in [0.717, 1.165) is 7.11 Å². The van der Waals surface area contributed by atoms with Gasteiger partial charge in [-0.15, -0.1) is 5.10 Å². The molecular weight excluding hydrogens is 430 g/mol. The van der Waals surface area contributed by atoms with E-state index in [1.165, 1.54) is 17.9 Å². The predicted octanol–water partition coefficient (Wildman–Crippen LogP) is 2.91. The molecule has 1 atom stereocenters. The Morgan fingerprint density at radius 3 is 2.84 bits per heavy atom. The summed E-state index contributed by atoms with van der Waals surface area (Å²) in [5.41, 5.74) is -0.0601. The van der Waals surface area contributed by atoms with Crippen molar-refractivity contribution >= 4 is 24.6 Å². The summed E-state index contributed by atoms with van der Waals surface area (Å²) >= 11 is 0. The highest BCUT2D eigenvalue weighted by Crippen LogP contribution is 2.48. The molecule has 1 N–H and O–H groups in total. The second kappa shape index (κ2) is 9.84. The lowest BCUT2D eigenvalue weighted by Crippen LogP contribution is -2.28. The third kappa shape index (κ3) is 5.99. The molecule has 10 nitrogen and oxygen atoms in total. The van der Waals surface area contributed by atoms with Crippen molar-refractivity contribution in [2.45, 2.75) is 25.9 Å². The lowest BCUT2D eigenvalue weighted by Gasteiger charge is -2.05. The quantitative estimate of drug-likeness (QED) is 0.283. The fourth-order valence-electron chi connectivity index (χ4n) is 2.85. The summed E-state index contributed by atoms with van der Waals surface area (Å²) in [4.78, 5) is 24.6. The van der Waals surface area contributed by atoms with Crippen LogP contribution >= 0.6 is 7.68 Å². The standard InChI is InChI=1S/C19H22FN4O6P/c1-28-15-5-6-17-13(9-15)10-16(19(26)30-17)18(25)21-11-14-12-24(23-22-14)7-3-4-8-31(20,27)29-2/h5-6,9-10,12H,3-4,7-8,11H2,1-2H3,(H,21,25). The molecular formula is C19H22FN4O6P. The maximum absolute atomic E-state index is 13.2. The maximum atomic E-state index is 13.2. The summed E-state index contributed by atoms with van der Waals surface area (Å²) in [7, 11) is -1.40. The smallest absolute Gasteiger partial charge is 0.367 e. The average molecular weight is 452 g/mol. The Morgan fingerprint density at radius 2 is 2.10 bits per heavy atom. The van der Waals surface area contributed by atoms with Crippen LogP contribution < -0.4 is 15.7 Å². The molecule has 0 saturated heterocycles. The van der Waals surface area contributed by atoms with E-state index in [-0.39, 0.29) is 18.3 Å². The fourth-order valence-corrected chi connectivity index (χ4v) is 3.63. The van der Waals surface area contributed by atoms with Gasteiger partial charge in [-0.1, -0.05) is 5.21 Å². The van der Waals surface area contributed by atoms with Crippen molar-refractivity contribution in [1.29, 1.82) is 0 Å². The number of aryl methyl sites for hydroxylation is 1. The van der Waals surface area contributed by atoms with Gasteiger partial charge in [-0.05, 0) is 37.1 Å². The van der Waals surface area contributed by atoms with Crippen LogP contribution in [0.1, 0.15) is 28.9 Å². The van der Waals surface area contributed by atoms with Crippen LogP contribution in [0.15, 0.2) is 39.7 Å². The number of hydrogen-bond acceptors (Lipinski definition) is 8. The Hall–Kier alpha value is -3.04. The number of ether oxygens (including phenoxy) is 1. The highest BCUT2D eigenvalue weighted by molar-refractivity contribution is 7.53. The first-order chi connectivity index (χ1) is 14.8. The normalized spacial score (nSPS) is 13.1. The number of methoxy groups -OCH3 is 1. The minimum atomic E-state index is -4.00. The highest BCUT2D eigenvalue weighted by atomic mass is 31.2. The zero-order valence-corrected chi connectivity index (χ0v) is 17.9. The van der Waals surface area contributed by atoms with Crippen LogP contribution in [0.4, 0.5) is 4.20 Å². The molecule has 0 aliphatic carbocycles. The van der Waals surface area contributed by atoms with E-state index in [2.05, 4.69) is 20.2 Å². The van der Waals surface area contributed by atoms with E-state index in [0.29, 0.717) is 41.8 Å². The largest absolute Gasteiger partial charge is 0.497 e. The van der Waals surface area contributed by atoms with Gasteiger partial charge in [-0.2, -0.15) is 4.20 Å². The molecule has 0 aliphatic rings. The van der Waals surface area contributed by atoms with Gasteiger partial charge in [0, 0.05) is 19.0 Å². The Morgan fingerprint density at radius 1 is 1.29 bits per heavy atom. The molecule has 0 radical (unpaired) electrons. The van der Waals surface area contributed by atoms with E-state index in [4.69, 9.17) is 9.15 Å². The third-order valence-corrected chi connectivity index (χ3v) is 5.93. The van der Waals surface area contributed by atoms with Crippen molar-refractivity contribution in [3.8, 4) is 5.75 Å². The maximum Gasteiger partial charge on any atom is 0.367 e. The number of fused-ring (bicyclic) bond motifs is 1. The Bertz CT molecular complexity index is 1180. The number of hydrogen-bond donors (Lipinski definition) is 1. The second-order valence-electron chi connectivity index (χ2n) is 6.71. The zero-order valence-electron chi connectivity index (χ0n) is 17.0. The van der Waals surface area contributed by atoms with E-state index in [1.807, 2.05) is 0 Å². The van der Waals surface area contributed by atoms with Crippen LogP contribution in [0.3, 0.4) is 0 Å². The SMILES string of the molecule is COc1ccc2oc(=O)c(C(=O)NCc3cn(CCCCP(=O)(F)OC)nn3)cc2c1. The van der Waals surface area contributed by atoms with Crippen molar-refractivity contribution in [3.63, 3.8) is 0 Å². The van der Waals surface area contributed by atoms with E-state index < -0.39 is 19.2 Å². The van der Waals surface area contributed by atoms with Crippen molar-refractivity contribution in [1.82, 2.24) is 20.3 Å². The van der Waals surface area contributed by atoms with Crippen molar-refractivity contribution in [2.75, 3.05) is 20.4 Å². The van der Waals surface area contributed by atoms with Gasteiger partial charge in [-0.25, -0.2) is 4.79 Å². The van der Waals surface area contributed by atoms with Gasteiger partial charge in [0.2, 0.25) is 0 Å². The molecule has 31 heavy (non-hydrogen) atoms. The molecule has 166 valence electrons. The van der Waals surface area contributed by atoms with Gasteiger partial charge in [0.05, 0.1) is 26.0 Å². The monoisotopic (exact) mass is 452 g/mol. The van der Waals surface area contributed by atoms with Crippen molar-refractivity contribution < 1.29 is 27.2 Å².